The van der Waals surface area contributed by atoms with E-state index in [0.717, 1.165) is 30.4 Å². The molecule has 24 heavy (non-hydrogen) atoms. The summed E-state index contributed by atoms with van der Waals surface area (Å²) in [4.78, 5) is 12.2. The van der Waals surface area contributed by atoms with E-state index in [1.165, 1.54) is 12.1 Å². The van der Waals surface area contributed by atoms with Crippen LogP contribution in [0.3, 0.4) is 0 Å². The molecule has 0 radical (unpaired) electrons. The molecule has 1 aliphatic rings. The highest BCUT2D eigenvalue weighted by Crippen LogP contribution is 2.43. The summed E-state index contributed by atoms with van der Waals surface area (Å²) in [5.74, 6) is -0.414. The van der Waals surface area contributed by atoms with Crippen LogP contribution in [-0.4, -0.2) is 17.6 Å². The highest BCUT2D eigenvalue weighted by atomic mass is 19.1. The molecule has 4 heteroatoms. The van der Waals surface area contributed by atoms with Gasteiger partial charge >= 0.3 is 0 Å². The van der Waals surface area contributed by atoms with Gasteiger partial charge in [0.1, 0.15) is 5.82 Å². The van der Waals surface area contributed by atoms with E-state index in [4.69, 9.17) is 0 Å². The van der Waals surface area contributed by atoms with Crippen LogP contribution in [0.2, 0.25) is 0 Å². The third kappa shape index (κ3) is 3.65. The molecule has 1 saturated carbocycles. The number of carbonyl (C=O) groups is 1. The van der Waals surface area contributed by atoms with Gasteiger partial charge in [-0.1, -0.05) is 48.9 Å². The number of hydrogen-bond donors (Lipinski definition) is 2. The summed E-state index contributed by atoms with van der Waals surface area (Å²) < 4.78 is 13.1. The Bertz CT molecular complexity index is 681. The number of amides is 1. The summed E-state index contributed by atoms with van der Waals surface area (Å²) in [6, 6.07) is 15.7. The predicted molar refractivity (Wildman–Crippen MR) is 91.0 cm³/mol. The van der Waals surface area contributed by atoms with Gasteiger partial charge in [0.2, 0.25) is 5.91 Å². The lowest BCUT2D eigenvalue weighted by molar-refractivity contribution is -0.123. The predicted octanol–water partition coefficient (Wildman–Crippen LogP) is 3.49. The Morgan fingerprint density at radius 2 is 1.79 bits per heavy atom. The van der Waals surface area contributed by atoms with Crippen molar-refractivity contribution >= 4 is 5.91 Å². The average Bonchev–Trinajstić information content (AvgIpc) is 2.56. The van der Waals surface area contributed by atoms with E-state index in [1.807, 2.05) is 30.3 Å². The molecule has 0 heterocycles. The molecule has 2 aromatic rings. The van der Waals surface area contributed by atoms with E-state index >= 15 is 0 Å². The van der Waals surface area contributed by atoms with Gasteiger partial charge in [-0.3, -0.25) is 4.79 Å². The summed E-state index contributed by atoms with van der Waals surface area (Å²) in [5, 5.41) is 13.1. The van der Waals surface area contributed by atoms with E-state index < -0.39 is 6.10 Å². The minimum atomic E-state index is -0.797. The third-order valence-electron chi connectivity index (χ3n) is 4.95. The van der Waals surface area contributed by atoms with Gasteiger partial charge in [0.15, 0.2) is 0 Å². The zero-order valence-electron chi connectivity index (χ0n) is 13.5. The van der Waals surface area contributed by atoms with E-state index in [1.54, 1.807) is 12.1 Å². The van der Waals surface area contributed by atoms with Crippen molar-refractivity contribution in [2.75, 3.05) is 6.54 Å². The maximum Gasteiger partial charge on any atom is 0.222 e. The Labute approximate surface area is 141 Å². The van der Waals surface area contributed by atoms with Crippen molar-refractivity contribution in [2.45, 2.75) is 37.2 Å². The van der Waals surface area contributed by atoms with Crippen molar-refractivity contribution in [3.05, 3.63) is 71.5 Å². The summed E-state index contributed by atoms with van der Waals surface area (Å²) in [6.45, 7) is 0.527. The SMILES string of the molecule is O=C(CC(O)c1ccccc1)NCC1(c2ccc(F)cc2)CCC1. The van der Waals surface area contributed by atoms with Crippen LogP contribution in [0, 0.1) is 5.82 Å². The van der Waals surface area contributed by atoms with E-state index in [2.05, 4.69) is 5.32 Å². The van der Waals surface area contributed by atoms with Gasteiger partial charge in [-0.25, -0.2) is 4.39 Å². The standard InChI is InChI=1S/C20H22FNO2/c21-17-9-7-16(8-10-17)20(11-4-12-20)14-22-19(24)13-18(23)15-5-2-1-3-6-15/h1-3,5-10,18,23H,4,11-14H2,(H,22,24). The molecule has 1 fully saturated rings. The largest absolute Gasteiger partial charge is 0.388 e. The molecule has 0 aliphatic heterocycles. The van der Waals surface area contributed by atoms with Crippen molar-refractivity contribution in [1.29, 1.82) is 0 Å². The molecule has 0 bridgehead atoms. The van der Waals surface area contributed by atoms with Crippen LogP contribution in [-0.2, 0) is 10.2 Å². The number of aliphatic hydroxyl groups is 1. The molecule has 0 aromatic heterocycles. The summed E-state index contributed by atoms with van der Waals surface area (Å²) in [6.07, 6.45) is 2.33. The van der Waals surface area contributed by atoms with Crippen molar-refractivity contribution < 1.29 is 14.3 Å². The highest BCUT2D eigenvalue weighted by molar-refractivity contribution is 5.76. The monoisotopic (exact) mass is 327 g/mol. The van der Waals surface area contributed by atoms with Crippen LogP contribution < -0.4 is 5.32 Å². The molecule has 2 N–H and O–H groups in total. The van der Waals surface area contributed by atoms with Crippen molar-refractivity contribution in [1.82, 2.24) is 5.32 Å². The minimum Gasteiger partial charge on any atom is -0.388 e. The van der Waals surface area contributed by atoms with Crippen molar-refractivity contribution in [3.63, 3.8) is 0 Å². The van der Waals surface area contributed by atoms with E-state index in [0.29, 0.717) is 6.54 Å². The Kier molecular flexibility index (Phi) is 4.95. The fraction of sp³-hybridized carbons (Fsp3) is 0.350. The van der Waals surface area contributed by atoms with Crippen LogP contribution in [0.4, 0.5) is 4.39 Å². The average molecular weight is 327 g/mol. The maximum atomic E-state index is 13.1. The van der Waals surface area contributed by atoms with Crippen LogP contribution in [0.25, 0.3) is 0 Å². The number of carbonyl (C=O) groups excluding carboxylic acids is 1. The lowest BCUT2D eigenvalue weighted by atomic mass is 9.64. The Morgan fingerprint density at radius 1 is 1.12 bits per heavy atom. The number of hydrogen-bond acceptors (Lipinski definition) is 2. The van der Waals surface area contributed by atoms with Crippen LogP contribution in [0.1, 0.15) is 42.9 Å². The molecule has 3 rings (SSSR count). The molecule has 1 unspecified atom stereocenters. The van der Waals surface area contributed by atoms with E-state index in [-0.39, 0.29) is 23.6 Å². The Balaban J connectivity index is 1.57. The molecular formula is C20H22FNO2. The number of aliphatic hydroxyl groups excluding tert-OH is 1. The van der Waals surface area contributed by atoms with Gasteiger partial charge in [-0.05, 0) is 36.1 Å². The van der Waals surface area contributed by atoms with Gasteiger partial charge < -0.3 is 10.4 Å². The quantitative estimate of drug-likeness (QED) is 0.853. The van der Waals surface area contributed by atoms with Crippen molar-refractivity contribution in [3.8, 4) is 0 Å². The third-order valence-corrected chi connectivity index (χ3v) is 4.95. The fourth-order valence-corrected chi connectivity index (χ4v) is 3.28. The molecule has 2 aromatic carbocycles. The van der Waals surface area contributed by atoms with E-state index in [9.17, 15) is 14.3 Å². The first kappa shape index (κ1) is 16.7. The lowest BCUT2D eigenvalue weighted by Crippen LogP contribution is -2.45. The minimum absolute atomic E-state index is 0.0451. The van der Waals surface area contributed by atoms with Gasteiger partial charge in [0.05, 0.1) is 12.5 Å². The first-order valence-electron chi connectivity index (χ1n) is 8.35. The van der Waals surface area contributed by atoms with Crippen molar-refractivity contribution in [2.24, 2.45) is 0 Å². The molecule has 0 spiro atoms. The topological polar surface area (TPSA) is 49.3 Å². The number of nitrogens with one attached hydrogen (secondary N) is 1. The molecule has 3 nitrogen and oxygen atoms in total. The second-order valence-electron chi connectivity index (χ2n) is 6.55. The Morgan fingerprint density at radius 3 is 2.38 bits per heavy atom. The molecule has 126 valence electrons. The van der Waals surface area contributed by atoms with Crippen LogP contribution in [0.5, 0.6) is 0 Å². The zero-order valence-corrected chi connectivity index (χ0v) is 13.5. The lowest BCUT2D eigenvalue weighted by Gasteiger charge is -2.42. The summed E-state index contributed by atoms with van der Waals surface area (Å²) >= 11 is 0. The second-order valence-corrected chi connectivity index (χ2v) is 6.55. The smallest absolute Gasteiger partial charge is 0.222 e. The summed E-state index contributed by atoms with van der Waals surface area (Å²) in [7, 11) is 0. The maximum absolute atomic E-state index is 13.1. The van der Waals surface area contributed by atoms with Gasteiger partial charge in [-0.2, -0.15) is 0 Å². The molecular weight excluding hydrogens is 305 g/mol. The van der Waals surface area contributed by atoms with Gasteiger partial charge in [-0.15, -0.1) is 0 Å². The fourth-order valence-electron chi connectivity index (χ4n) is 3.28. The first-order chi connectivity index (χ1) is 11.6. The zero-order chi connectivity index (χ0) is 17.0. The van der Waals surface area contributed by atoms with Gasteiger partial charge in [0, 0.05) is 12.0 Å². The molecule has 0 saturated heterocycles. The first-order valence-corrected chi connectivity index (χ1v) is 8.35. The molecule has 1 aliphatic carbocycles. The normalized spacial score (nSPS) is 16.9. The number of benzene rings is 2. The molecule has 1 atom stereocenters. The van der Waals surface area contributed by atoms with Gasteiger partial charge in [0.25, 0.3) is 0 Å². The number of rotatable bonds is 6. The highest BCUT2D eigenvalue weighted by Gasteiger charge is 2.38. The summed E-state index contributed by atoms with van der Waals surface area (Å²) in [5.41, 5.74) is 1.71. The molecule has 1 amide bonds. The van der Waals surface area contributed by atoms with Crippen LogP contribution in [0.15, 0.2) is 54.6 Å². The number of halogens is 1. The van der Waals surface area contributed by atoms with Crippen LogP contribution >= 0.6 is 0 Å². The Hall–Kier alpha value is -2.20. The second kappa shape index (κ2) is 7.14.